The zero-order chi connectivity index (χ0) is 15.8. The Hall–Kier alpha value is -1.45. The largest absolute Gasteiger partial charge is 0.399 e. The number of nitrogens with zero attached hydrogens (tertiary/aromatic N) is 2. The summed E-state index contributed by atoms with van der Waals surface area (Å²) in [6.45, 7) is 1.84. The molecular weight excluding hydrogens is 363 g/mol. The van der Waals surface area contributed by atoms with E-state index in [9.17, 15) is 12.8 Å². The molecule has 0 aliphatic rings. The minimum absolute atomic E-state index is 0.000401. The molecule has 0 spiro atoms. The highest BCUT2D eigenvalue weighted by Gasteiger charge is 2.22. The Kier molecular flexibility index (Phi) is 4.35. The van der Waals surface area contributed by atoms with Crippen molar-refractivity contribution in [3.63, 3.8) is 0 Å². The summed E-state index contributed by atoms with van der Waals surface area (Å²) in [5, 5.41) is 4.02. The predicted molar refractivity (Wildman–Crippen MR) is 80.5 cm³/mol. The molecule has 0 atom stereocenters. The van der Waals surface area contributed by atoms with Crippen LogP contribution in [0.25, 0.3) is 0 Å². The second kappa shape index (κ2) is 5.74. The summed E-state index contributed by atoms with van der Waals surface area (Å²) in [5.74, 6) is -0.875. The van der Waals surface area contributed by atoms with Crippen molar-refractivity contribution in [1.82, 2.24) is 14.5 Å². The van der Waals surface area contributed by atoms with Crippen molar-refractivity contribution in [2.75, 3.05) is 5.73 Å². The summed E-state index contributed by atoms with van der Waals surface area (Å²) in [6, 6.07) is 2.39. The topological polar surface area (TPSA) is 90.0 Å². The zero-order valence-electron chi connectivity index (χ0n) is 11.4. The fourth-order valence-electron chi connectivity index (χ4n) is 1.75. The van der Waals surface area contributed by atoms with Crippen molar-refractivity contribution in [1.29, 1.82) is 0 Å². The van der Waals surface area contributed by atoms with Crippen LogP contribution in [0.1, 0.15) is 11.3 Å². The highest BCUT2D eigenvalue weighted by atomic mass is 79.9. The number of nitrogens with one attached hydrogen (secondary N) is 1. The van der Waals surface area contributed by atoms with Crippen molar-refractivity contribution in [3.05, 3.63) is 39.9 Å². The van der Waals surface area contributed by atoms with E-state index in [0.717, 1.165) is 11.8 Å². The van der Waals surface area contributed by atoms with Gasteiger partial charge in [0.05, 0.1) is 10.7 Å². The number of halogens is 2. The Bertz CT molecular complexity index is 789. The lowest BCUT2D eigenvalue weighted by atomic mass is 10.3. The Balaban J connectivity index is 2.29. The maximum absolute atomic E-state index is 13.9. The van der Waals surface area contributed by atoms with E-state index in [4.69, 9.17) is 5.73 Å². The van der Waals surface area contributed by atoms with E-state index in [1.165, 1.54) is 6.07 Å². The number of nitrogens with two attached hydrogens (primary N) is 1. The van der Waals surface area contributed by atoms with Crippen LogP contribution in [-0.4, -0.2) is 18.2 Å². The van der Waals surface area contributed by atoms with Gasteiger partial charge in [0.15, 0.2) is 5.82 Å². The normalized spacial score (nSPS) is 11.8. The Labute approximate surface area is 130 Å². The van der Waals surface area contributed by atoms with Gasteiger partial charge in [0.1, 0.15) is 4.90 Å². The molecule has 1 aromatic heterocycles. The third-order valence-electron chi connectivity index (χ3n) is 3.10. The van der Waals surface area contributed by atoms with Crippen molar-refractivity contribution in [2.45, 2.75) is 18.4 Å². The van der Waals surface area contributed by atoms with E-state index in [-0.39, 0.29) is 16.7 Å². The van der Waals surface area contributed by atoms with Crippen molar-refractivity contribution >= 4 is 31.6 Å². The summed E-state index contributed by atoms with van der Waals surface area (Å²) in [5.41, 5.74) is 7.25. The predicted octanol–water partition coefficient (Wildman–Crippen LogP) is 1.69. The molecule has 0 saturated carbocycles. The fourth-order valence-corrected chi connectivity index (χ4v) is 3.49. The minimum atomic E-state index is -4.01. The minimum Gasteiger partial charge on any atom is -0.399 e. The highest BCUT2D eigenvalue weighted by Crippen LogP contribution is 2.26. The molecule has 1 heterocycles. The molecule has 1 aromatic carbocycles. The van der Waals surface area contributed by atoms with Gasteiger partial charge in [0.2, 0.25) is 10.0 Å². The van der Waals surface area contributed by atoms with E-state index in [0.29, 0.717) is 5.56 Å². The smallest absolute Gasteiger partial charge is 0.243 e. The summed E-state index contributed by atoms with van der Waals surface area (Å²) >= 11 is 2.94. The van der Waals surface area contributed by atoms with E-state index in [1.807, 2.05) is 6.92 Å². The number of nitrogen functional groups attached to an aromatic ring is 1. The molecule has 0 bridgehead atoms. The third kappa shape index (κ3) is 3.25. The molecule has 6 nitrogen and oxygen atoms in total. The lowest BCUT2D eigenvalue weighted by Gasteiger charge is -2.09. The number of aromatic nitrogens is 2. The van der Waals surface area contributed by atoms with E-state index in [1.54, 1.807) is 17.9 Å². The van der Waals surface area contributed by atoms with E-state index in [2.05, 4.69) is 25.8 Å². The van der Waals surface area contributed by atoms with Gasteiger partial charge in [-0.3, -0.25) is 4.68 Å². The number of rotatable bonds is 4. The van der Waals surface area contributed by atoms with Crippen LogP contribution in [-0.2, 0) is 23.6 Å². The molecule has 2 aromatic rings. The second-order valence-electron chi connectivity index (χ2n) is 4.52. The standard InChI is InChI=1S/C12H14BrFN4O2S/c1-7-8(5-16-18(7)2)6-17-21(19,20)11-4-9(15)3-10(13)12(11)14/h3-5,17H,6,15H2,1-2H3. The molecule has 2 rings (SSSR count). The molecule has 114 valence electrons. The van der Waals surface area contributed by atoms with Crippen molar-refractivity contribution in [2.24, 2.45) is 7.05 Å². The van der Waals surface area contributed by atoms with Crippen molar-refractivity contribution < 1.29 is 12.8 Å². The maximum atomic E-state index is 13.9. The number of hydrogen-bond donors (Lipinski definition) is 2. The van der Waals surface area contributed by atoms with Gasteiger partial charge in [-0.2, -0.15) is 5.10 Å². The average molecular weight is 377 g/mol. The Morgan fingerprint density at radius 2 is 2.14 bits per heavy atom. The lowest BCUT2D eigenvalue weighted by molar-refractivity contribution is 0.554. The average Bonchev–Trinajstić information content (AvgIpc) is 2.72. The first-order valence-corrected chi connectivity index (χ1v) is 8.21. The van der Waals surface area contributed by atoms with Crippen LogP contribution >= 0.6 is 15.9 Å². The number of hydrogen-bond acceptors (Lipinski definition) is 4. The first-order valence-electron chi connectivity index (χ1n) is 5.94. The molecule has 3 N–H and O–H groups in total. The van der Waals surface area contributed by atoms with Crippen LogP contribution < -0.4 is 10.5 Å². The van der Waals surface area contributed by atoms with Gasteiger partial charge in [-0.05, 0) is 35.0 Å². The number of anilines is 1. The summed E-state index contributed by atoms with van der Waals surface area (Å²) in [4.78, 5) is -0.490. The monoisotopic (exact) mass is 376 g/mol. The molecule has 0 aliphatic carbocycles. The van der Waals surface area contributed by atoms with Gasteiger partial charge in [0.25, 0.3) is 0 Å². The number of aryl methyl sites for hydroxylation is 1. The van der Waals surface area contributed by atoms with Gasteiger partial charge in [-0.1, -0.05) is 0 Å². The summed E-state index contributed by atoms with van der Waals surface area (Å²) in [6.07, 6.45) is 1.56. The van der Waals surface area contributed by atoms with Gasteiger partial charge < -0.3 is 5.73 Å². The SMILES string of the molecule is Cc1c(CNS(=O)(=O)c2cc(N)cc(Br)c2F)cnn1C. The van der Waals surface area contributed by atoms with Gasteiger partial charge in [-0.25, -0.2) is 17.5 Å². The molecule has 0 fully saturated rings. The molecule has 0 radical (unpaired) electrons. The molecular formula is C12H14BrFN4O2S. The van der Waals surface area contributed by atoms with E-state index < -0.39 is 20.7 Å². The van der Waals surface area contributed by atoms with Gasteiger partial charge in [-0.15, -0.1) is 0 Å². The fraction of sp³-hybridized carbons (Fsp3) is 0.250. The summed E-state index contributed by atoms with van der Waals surface area (Å²) in [7, 11) is -2.26. The first kappa shape index (κ1) is 15.9. The van der Waals surface area contributed by atoms with Crippen LogP contribution in [0.3, 0.4) is 0 Å². The molecule has 21 heavy (non-hydrogen) atoms. The Morgan fingerprint density at radius 3 is 2.71 bits per heavy atom. The van der Waals surface area contributed by atoms with Crippen LogP contribution in [0.4, 0.5) is 10.1 Å². The lowest BCUT2D eigenvalue weighted by Crippen LogP contribution is -2.24. The van der Waals surface area contributed by atoms with Crippen LogP contribution in [0.15, 0.2) is 27.7 Å². The number of benzene rings is 1. The molecule has 0 aliphatic heterocycles. The molecule has 9 heteroatoms. The second-order valence-corrected chi connectivity index (χ2v) is 7.11. The van der Waals surface area contributed by atoms with E-state index >= 15 is 0 Å². The third-order valence-corrected chi connectivity index (χ3v) is 5.07. The van der Waals surface area contributed by atoms with Gasteiger partial charge >= 0.3 is 0 Å². The highest BCUT2D eigenvalue weighted by molar-refractivity contribution is 9.10. The summed E-state index contributed by atoms with van der Waals surface area (Å²) < 4.78 is 42.3. The van der Waals surface area contributed by atoms with Crippen molar-refractivity contribution in [3.8, 4) is 0 Å². The van der Waals surface area contributed by atoms with Crippen LogP contribution in [0.5, 0.6) is 0 Å². The van der Waals surface area contributed by atoms with Crippen LogP contribution in [0, 0.1) is 12.7 Å². The molecule has 0 amide bonds. The first-order chi connectivity index (χ1) is 9.72. The molecule has 0 saturated heterocycles. The maximum Gasteiger partial charge on any atom is 0.243 e. The zero-order valence-corrected chi connectivity index (χ0v) is 13.8. The van der Waals surface area contributed by atoms with Crippen LogP contribution in [0.2, 0.25) is 0 Å². The Morgan fingerprint density at radius 1 is 1.48 bits per heavy atom. The quantitative estimate of drug-likeness (QED) is 0.794. The van der Waals surface area contributed by atoms with Gasteiger partial charge in [0, 0.05) is 30.5 Å². The number of sulfonamides is 1. The molecule has 0 unspecified atom stereocenters.